The molecular formula is C13H9N5O2. The third-order valence-corrected chi connectivity index (χ3v) is 3.07. The Kier molecular flexibility index (Phi) is 2.00. The summed E-state index contributed by atoms with van der Waals surface area (Å²) in [6.07, 6.45) is 0. The second kappa shape index (κ2) is 3.70. The van der Waals surface area contributed by atoms with Gasteiger partial charge in [-0.2, -0.15) is 9.78 Å². The number of para-hydroxylation sites is 1. The van der Waals surface area contributed by atoms with Gasteiger partial charge in [-0.25, -0.2) is 0 Å². The standard InChI is InChI=1S/C13H9N5O2/c14-10-6-11(16-15-10)18-13(19)8-5-7-3-1-2-4-9(7)20-12(8)17-18/h1-6H,(H3,14,15,16). The van der Waals surface area contributed by atoms with Crippen LogP contribution in [0.4, 0.5) is 5.82 Å². The van der Waals surface area contributed by atoms with Gasteiger partial charge in [-0.1, -0.05) is 18.2 Å². The summed E-state index contributed by atoms with van der Waals surface area (Å²) in [7, 11) is 0. The maximum atomic E-state index is 12.3. The molecule has 3 N–H and O–H groups in total. The molecule has 0 unspecified atom stereocenters. The Morgan fingerprint density at radius 2 is 2.10 bits per heavy atom. The Hall–Kier alpha value is -3.09. The van der Waals surface area contributed by atoms with E-state index >= 15 is 0 Å². The van der Waals surface area contributed by atoms with Crippen LogP contribution in [0.25, 0.3) is 28.2 Å². The molecule has 7 heteroatoms. The van der Waals surface area contributed by atoms with E-state index in [4.69, 9.17) is 10.2 Å². The average Bonchev–Trinajstić information content (AvgIpc) is 3.01. The molecule has 2 aliphatic heterocycles. The summed E-state index contributed by atoms with van der Waals surface area (Å²) in [4.78, 5) is 12.3. The summed E-state index contributed by atoms with van der Waals surface area (Å²) < 4.78 is 6.80. The molecule has 0 spiro atoms. The first-order chi connectivity index (χ1) is 9.72. The van der Waals surface area contributed by atoms with Gasteiger partial charge >= 0.3 is 0 Å². The van der Waals surface area contributed by atoms with Gasteiger partial charge in [-0.05, 0) is 12.1 Å². The normalized spacial score (nSPS) is 11.4. The number of hydrogen-bond donors (Lipinski definition) is 2. The topological polar surface area (TPSA) is 103 Å². The molecule has 0 saturated heterocycles. The van der Waals surface area contributed by atoms with Crippen molar-refractivity contribution in [1.29, 1.82) is 0 Å². The molecule has 0 bridgehead atoms. The fourth-order valence-corrected chi connectivity index (χ4v) is 2.14. The third kappa shape index (κ3) is 1.43. The van der Waals surface area contributed by atoms with Crippen molar-refractivity contribution in [3.05, 3.63) is 46.8 Å². The van der Waals surface area contributed by atoms with Crippen molar-refractivity contribution in [3.63, 3.8) is 0 Å². The van der Waals surface area contributed by atoms with E-state index in [1.165, 1.54) is 10.7 Å². The Balaban J connectivity index is 2.05. The maximum absolute atomic E-state index is 12.3. The quantitative estimate of drug-likeness (QED) is 0.542. The largest absolute Gasteiger partial charge is 0.436 e. The van der Waals surface area contributed by atoms with Gasteiger partial charge in [0.1, 0.15) is 17.0 Å². The molecule has 4 rings (SSSR count). The lowest BCUT2D eigenvalue weighted by Gasteiger charge is -1.98. The van der Waals surface area contributed by atoms with Crippen LogP contribution in [0, 0.1) is 0 Å². The Morgan fingerprint density at radius 3 is 2.90 bits per heavy atom. The van der Waals surface area contributed by atoms with Crippen molar-refractivity contribution in [3.8, 4) is 17.3 Å². The molecule has 2 aromatic rings. The predicted molar refractivity (Wildman–Crippen MR) is 72.8 cm³/mol. The fourth-order valence-electron chi connectivity index (χ4n) is 2.14. The van der Waals surface area contributed by atoms with Gasteiger partial charge in [0, 0.05) is 11.5 Å². The second-order valence-electron chi connectivity index (χ2n) is 4.40. The van der Waals surface area contributed by atoms with Crippen molar-refractivity contribution in [2.45, 2.75) is 0 Å². The van der Waals surface area contributed by atoms with E-state index in [0.717, 1.165) is 5.39 Å². The van der Waals surface area contributed by atoms with Crippen LogP contribution < -0.4 is 11.3 Å². The van der Waals surface area contributed by atoms with Gasteiger partial charge < -0.3 is 10.2 Å². The number of nitrogens with two attached hydrogens (primary N) is 1. The molecule has 0 fully saturated rings. The van der Waals surface area contributed by atoms with E-state index in [9.17, 15) is 4.79 Å². The third-order valence-electron chi connectivity index (χ3n) is 3.07. The predicted octanol–water partition coefficient (Wildman–Crippen LogP) is 1.39. The van der Waals surface area contributed by atoms with Crippen LogP contribution in [-0.4, -0.2) is 20.0 Å². The van der Waals surface area contributed by atoms with E-state index in [0.29, 0.717) is 22.8 Å². The van der Waals surface area contributed by atoms with Crippen molar-refractivity contribution in [2.24, 2.45) is 0 Å². The first-order valence-corrected chi connectivity index (χ1v) is 5.95. The van der Waals surface area contributed by atoms with Crippen molar-refractivity contribution < 1.29 is 4.42 Å². The molecule has 3 heterocycles. The number of rotatable bonds is 1. The summed E-state index contributed by atoms with van der Waals surface area (Å²) in [5.74, 6) is 0.972. The highest BCUT2D eigenvalue weighted by Crippen LogP contribution is 2.24. The molecule has 0 saturated carbocycles. The molecule has 0 radical (unpaired) electrons. The van der Waals surface area contributed by atoms with Gasteiger partial charge in [-0.15, -0.1) is 5.10 Å². The van der Waals surface area contributed by atoms with Crippen LogP contribution in [0.3, 0.4) is 0 Å². The molecule has 98 valence electrons. The first kappa shape index (κ1) is 10.8. The van der Waals surface area contributed by atoms with Gasteiger partial charge in [0.15, 0.2) is 5.82 Å². The Bertz CT molecular complexity index is 949. The zero-order chi connectivity index (χ0) is 13.7. The molecular weight excluding hydrogens is 258 g/mol. The number of hydrogen-bond acceptors (Lipinski definition) is 5. The molecule has 0 atom stereocenters. The van der Waals surface area contributed by atoms with E-state index in [-0.39, 0.29) is 11.4 Å². The first-order valence-electron chi connectivity index (χ1n) is 5.95. The minimum Gasteiger partial charge on any atom is -0.436 e. The van der Waals surface area contributed by atoms with Crippen LogP contribution in [-0.2, 0) is 0 Å². The molecule has 20 heavy (non-hydrogen) atoms. The molecule has 1 aromatic heterocycles. The lowest BCUT2D eigenvalue weighted by molar-refractivity contribution is 0.590. The number of aromatic nitrogens is 4. The van der Waals surface area contributed by atoms with Gasteiger partial charge in [0.2, 0.25) is 5.89 Å². The highest BCUT2D eigenvalue weighted by molar-refractivity contribution is 5.81. The minimum atomic E-state index is -0.291. The second-order valence-corrected chi connectivity index (χ2v) is 4.40. The van der Waals surface area contributed by atoms with Crippen LogP contribution in [0.5, 0.6) is 0 Å². The molecule has 0 aliphatic carbocycles. The summed E-state index contributed by atoms with van der Waals surface area (Å²) in [6, 6.07) is 10.7. The van der Waals surface area contributed by atoms with E-state index in [1.807, 2.05) is 24.3 Å². The zero-order valence-corrected chi connectivity index (χ0v) is 10.2. The summed E-state index contributed by atoms with van der Waals surface area (Å²) in [5, 5.41) is 11.5. The minimum absolute atomic E-state index is 0.273. The smallest absolute Gasteiger partial charge is 0.285 e. The Labute approximate surface area is 112 Å². The Morgan fingerprint density at radius 1 is 1.25 bits per heavy atom. The summed E-state index contributed by atoms with van der Waals surface area (Å²) >= 11 is 0. The van der Waals surface area contributed by atoms with Crippen molar-refractivity contribution in [1.82, 2.24) is 20.0 Å². The number of H-pyrrole nitrogens is 1. The lowest BCUT2D eigenvalue weighted by atomic mass is 10.2. The number of nitrogens with one attached hydrogen (secondary N) is 1. The molecule has 7 nitrogen and oxygen atoms in total. The van der Waals surface area contributed by atoms with Gasteiger partial charge in [-0.3, -0.25) is 9.89 Å². The average molecular weight is 267 g/mol. The number of fused-ring (bicyclic) bond motifs is 2. The molecule has 2 aliphatic rings. The van der Waals surface area contributed by atoms with Crippen LogP contribution in [0.1, 0.15) is 0 Å². The molecule has 0 amide bonds. The highest BCUT2D eigenvalue weighted by Gasteiger charge is 2.20. The number of nitrogens with zero attached hydrogens (tertiary/aromatic N) is 3. The van der Waals surface area contributed by atoms with Crippen LogP contribution in [0.15, 0.2) is 45.6 Å². The van der Waals surface area contributed by atoms with Crippen LogP contribution in [0.2, 0.25) is 0 Å². The SMILES string of the molecule is Nc1cc(-n2nc3oc4ccccc4cc-3c2=O)n[nH]1. The number of nitrogen functional groups attached to an aromatic ring is 1. The maximum Gasteiger partial charge on any atom is 0.285 e. The number of benzene rings is 1. The molecule has 1 aromatic carbocycles. The van der Waals surface area contributed by atoms with Crippen molar-refractivity contribution >= 4 is 16.8 Å². The zero-order valence-electron chi connectivity index (χ0n) is 10.2. The number of anilines is 1. The van der Waals surface area contributed by atoms with Gasteiger partial charge in [0.25, 0.3) is 5.56 Å². The van der Waals surface area contributed by atoms with Crippen LogP contribution >= 0.6 is 0 Å². The van der Waals surface area contributed by atoms with E-state index < -0.39 is 0 Å². The summed E-state index contributed by atoms with van der Waals surface area (Å²) in [5.41, 5.74) is 6.35. The fraction of sp³-hybridized carbons (Fsp3) is 0. The highest BCUT2D eigenvalue weighted by atomic mass is 16.3. The number of aromatic amines is 1. The van der Waals surface area contributed by atoms with Crippen molar-refractivity contribution in [2.75, 3.05) is 5.73 Å². The van der Waals surface area contributed by atoms with E-state index in [2.05, 4.69) is 15.3 Å². The monoisotopic (exact) mass is 267 g/mol. The van der Waals surface area contributed by atoms with Gasteiger partial charge in [0.05, 0.1) is 0 Å². The lowest BCUT2D eigenvalue weighted by Crippen LogP contribution is -2.14. The summed E-state index contributed by atoms with van der Waals surface area (Å²) in [6.45, 7) is 0. The van der Waals surface area contributed by atoms with E-state index in [1.54, 1.807) is 6.07 Å².